The molecular formula is C24H25F3N4O. The van der Waals surface area contributed by atoms with Gasteiger partial charge in [0.25, 0.3) is 0 Å². The normalized spacial score (nSPS) is 19.4. The van der Waals surface area contributed by atoms with E-state index < -0.39 is 17.5 Å². The molecule has 8 heteroatoms. The summed E-state index contributed by atoms with van der Waals surface area (Å²) in [5.74, 6) is -0.608. The van der Waals surface area contributed by atoms with Crippen LogP contribution in [0.15, 0.2) is 54.6 Å². The number of benzene rings is 2. The lowest BCUT2D eigenvalue weighted by molar-refractivity contribution is -0.223. The van der Waals surface area contributed by atoms with Crippen LogP contribution in [0.25, 0.3) is 10.9 Å². The Hall–Kier alpha value is -3.00. The zero-order valence-corrected chi connectivity index (χ0v) is 18.1. The highest BCUT2D eigenvalue weighted by atomic mass is 19.4. The molecule has 32 heavy (non-hydrogen) atoms. The largest absolute Gasteiger partial charge is 0.404 e. The van der Waals surface area contributed by atoms with E-state index in [1.165, 1.54) is 7.05 Å². The SMILES string of the molecule is Cc1nc(CN(C)C(=O)C2(C(F)(F)F)CCN(Cc3ccccc3)C2)nc2ccccc12. The molecule has 168 valence electrons. The minimum atomic E-state index is -4.65. The summed E-state index contributed by atoms with van der Waals surface area (Å²) in [5, 5.41) is 0.879. The van der Waals surface area contributed by atoms with Crippen molar-refractivity contribution in [2.24, 2.45) is 5.41 Å². The van der Waals surface area contributed by atoms with Gasteiger partial charge in [0.15, 0.2) is 5.41 Å². The van der Waals surface area contributed by atoms with E-state index in [0.29, 0.717) is 17.9 Å². The first-order chi connectivity index (χ1) is 15.2. The van der Waals surface area contributed by atoms with Crippen molar-refractivity contribution < 1.29 is 18.0 Å². The van der Waals surface area contributed by atoms with Crippen LogP contribution in [-0.4, -0.2) is 52.0 Å². The van der Waals surface area contributed by atoms with E-state index in [0.717, 1.165) is 21.5 Å². The number of hydrogen-bond acceptors (Lipinski definition) is 4. The Morgan fingerprint density at radius 1 is 1.09 bits per heavy atom. The maximum Gasteiger partial charge on any atom is 0.404 e. The average molecular weight is 442 g/mol. The predicted molar refractivity (Wildman–Crippen MR) is 116 cm³/mol. The van der Waals surface area contributed by atoms with Gasteiger partial charge in [-0.3, -0.25) is 9.69 Å². The molecule has 2 heterocycles. The van der Waals surface area contributed by atoms with Crippen LogP contribution in [-0.2, 0) is 17.9 Å². The fourth-order valence-corrected chi connectivity index (χ4v) is 4.41. The van der Waals surface area contributed by atoms with Crippen molar-refractivity contribution in [2.45, 2.75) is 32.6 Å². The number of halogens is 3. The quantitative estimate of drug-likeness (QED) is 0.590. The molecule has 5 nitrogen and oxygen atoms in total. The summed E-state index contributed by atoms with van der Waals surface area (Å²) in [5.41, 5.74) is -0.0721. The number of fused-ring (bicyclic) bond motifs is 1. The number of para-hydroxylation sites is 1. The van der Waals surface area contributed by atoms with Gasteiger partial charge >= 0.3 is 6.18 Å². The van der Waals surface area contributed by atoms with Crippen LogP contribution in [0, 0.1) is 12.3 Å². The minimum absolute atomic E-state index is 0.0823. The fourth-order valence-electron chi connectivity index (χ4n) is 4.41. The summed E-state index contributed by atoms with van der Waals surface area (Å²) in [6.45, 7) is 1.97. The van der Waals surface area contributed by atoms with E-state index in [1.807, 2.05) is 61.5 Å². The number of likely N-dealkylation sites (tertiary alicyclic amines) is 1. The maximum atomic E-state index is 14.2. The Morgan fingerprint density at radius 3 is 2.50 bits per heavy atom. The van der Waals surface area contributed by atoms with Crippen LogP contribution in [0.5, 0.6) is 0 Å². The second-order valence-electron chi connectivity index (χ2n) is 8.43. The lowest BCUT2D eigenvalue weighted by atomic mass is 9.84. The average Bonchev–Trinajstić information content (AvgIpc) is 3.19. The van der Waals surface area contributed by atoms with Gasteiger partial charge in [-0.1, -0.05) is 48.5 Å². The number of carbonyl (C=O) groups excluding carboxylic acids is 1. The third-order valence-electron chi connectivity index (χ3n) is 6.11. The molecule has 0 spiro atoms. The van der Waals surface area contributed by atoms with Crippen LogP contribution in [0.3, 0.4) is 0 Å². The second kappa shape index (κ2) is 8.50. The molecule has 1 aliphatic heterocycles. The molecule has 0 N–H and O–H groups in total. The number of hydrogen-bond donors (Lipinski definition) is 0. The zero-order chi connectivity index (χ0) is 22.9. The van der Waals surface area contributed by atoms with Crippen molar-refractivity contribution in [3.05, 3.63) is 71.7 Å². The molecule has 1 aliphatic rings. The van der Waals surface area contributed by atoms with Crippen molar-refractivity contribution in [3.8, 4) is 0 Å². The summed E-state index contributed by atoms with van der Waals surface area (Å²) < 4.78 is 42.7. The molecule has 1 unspecified atom stereocenters. The van der Waals surface area contributed by atoms with Crippen LogP contribution in [0.2, 0.25) is 0 Å². The topological polar surface area (TPSA) is 49.3 Å². The van der Waals surface area contributed by atoms with Gasteiger partial charge < -0.3 is 4.90 Å². The molecule has 0 bridgehead atoms. The molecule has 4 rings (SSSR count). The second-order valence-corrected chi connectivity index (χ2v) is 8.43. The number of alkyl halides is 3. The highest BCUT2D eigenvalue weighted by Crippen LogP contribution is 2.47. The van der Waals surface area contributed by atoms with Gasteiger partial charge in [-0.05, 0) is 31.5 Å². The molecule has 1 atom stereocenters. The molecule has 1 aromatic heterocycles. The van der Waals surface area contributed by atoms with E-state index in [2.05, 4.69) is 9.97 Å². The fraction of sp³-hybridized carbons (Fsp3) is 0.375. The maximum absolute atomic E-state index is 14.2. The monoisotopic (exact) mass is 442 g/mol. The van der Waals surface area contributed by atoms with Crippen molar-refractivity contribution in [2.75, 3.05) is 20.1 Å². The van der Waals surface area contributed by atoms with Gasteiger partial charge in [0.1, 0.15) is 5.82 Å². The predicted octanol–water partition coefficient (Wildman–Crippen LogP) is 4.35. The summed E-state index contributed by atoms with van der Waals surface area (Å²) in [6.07, 6.45) is -4.91. The summed E-state index contributed by atoms with van der Waals surface area (Å²) in [4.78, 5) is 24.9. The van der Waals surface area contributed by atoms with E-state index in [1.54, 1.807) is 4.90 Å². The van der Waals surface area contributed by atoms with Crippen LogP contribution >= 0.6 is 0 Å². The first-order valence-electron chi connectivity index (χ1n) is 10.5. The number of nitrogens with zero attached hydrogens (tertiary/aromatic N) is 4. The van der Waals surface area contributed by atoms with Gasteiger partial charge in [0, 0.05) is 31.2 Å². The van der Waals surface area contributed by atoms with Gasteiger partial charge in [0.2, 0.25) is 5.91 Å². The van der Waals surface area contributed by atoms with Crippen LogP contribution < -0.4 is 0 Å². The van der Waals surface area contributed by atoms with Gasteiger partial charge in [-0.25, -0.2) is 9.97 Å². The summed E-state index contributed by atoms with van der Waals surface area (Å²) >= 11 is 0. The van der Waals surface area contributed by atoms with Crippen molar-refractivity contribution in [1.82, 2.24) is 19.8 Å². The van der Waals surface area contributed by atoms with Crippen molar-refractivity contribution >= 4 is 16.8 Å². The molecular weight excluding hydrogens is 417 g/mol. The molecule has 1 fully saturated rings. The number of aromatic nitrogens is 2. The number of rotatable bonds is 5. The first kappa shape index (κ1) is 22.2. The van der Waals surface area contributed by atoms with Crippen LogP contribution in [0.1, 0.15) is 23.5 Å². The first-order valence-corrected chi connectivity index (χ1v) is 10.5. The van der Waals surface area contributed by atoms with Crippen molar-refractivity contribution in [3.63, 3.8) is 0 Å². The molecule has 0 aliphatic carbocycles. The smallest absolute Gasteiger partial charge is 0.337 e. The number of amides is 1. The highest BCUT2D eigenvalue weighted by molar-refractivity contribution is 5.84. The Bertz CT molecular complexity index is 1120. The third kappa shape index (κ3) is 4.19. The lowest BCUT2D eigenvalue weighted by Gasteiger charge is -2.34. The standard InChI is InChI=1S/C24H25F3N4O/c1-17-19-10-6-7-11-20(19)29-21(28-17)15-30(2)22(32)23(24(25,26)27)12-13-31(16-23)14-18-8-4-3-5-9-18/h3-11H,12-16H2,1-2H3. The molecule has 3 aromatic rings. The molecule has 2 aromatic carbocycles. The third-order valence-corrected chi connectivity index (χ3v) is 6.11. The lowest BCUT2D eigenvalue weighted by Crippen LogP contribution is -2.52. The van der Waals surface area contributed by atoms with E-state index in [4.69, 9.17) is 0 Å². The van der Waals surface area contributed by atoms with Crippen molar-refractivity contribution in [1.29, 1.82) is 0 Å². The zero-order valence-electron chi connectivity index (χ0n) is 18.1. The molecule has 0 saturated carbocycles. The van der Waals surface area contributed by atoms with Crippen LogP contribution in [0.4, 0.5) is 13.2 Å². The number of aryl methyl sites for hydroxylation is 1. The highest BCUT2D eigenvalue weighted by Gasteiger charge is 2.63. The van der Waals surface area contributed by atoms with Gasteiger partial charge in [0.05, 0.1) is 12.1 Å². The van der Waals surface area contributed by atoms with Gasteiger partial charge in [-0.2, -0.15) is 13.2 Å². The molecule has 0 radical (unpaired) electrons. The van der Waals surface area contributed by atoms with E-state index >= 15 is 0 Å². The van der Waals surface area contributed by atoms with E-state index in [9.17, 15) is 18.0 Å². The Labute approximate surface area is 184 Å². The van der Waals surface area contributed by atoms with Gasteiger partial charge in [-0.15, -0.1) is 0 Å². The molecule has 1 saturated heterocycles. The molecule has 1 amide bonds. The Morgan fingerprint density at radius 2 is 1.78 bits per heavy atom. The Kier molecular flexibility index (Phi) is 5.90. The number of carbonyl (C=O) groups is 1. The van der Waals surface area contributed by atoms with E-state index in [-0.39, 0.29) is 26.1 Å². The minimum Gasteiger partial charge on any atom is -0.337 e. The Balaban J connectivity index is 1.54. The summed E-state index contributed by atoms with van der Waals surface area (Å²) in [7, 11) is 1.39. The summed E-state index contributed by atoms with van der Waals surface area (Å²) in [6, 6.07) is 16.8.